The van der Waals surface area contributed by atoms with Gasteiger partial charge in [-0.25, -0.2) is 0 Å². The third-order valence-electron chi connectivity index (χ3n) is 3.05. The van der Waals surface area contributed by atoms with Crippen LogP contribution in [0.15, 0.2) is 30.5 Å². The molecule has 2 aromatic rings. The van der Waals surface area contributed by atoms with Crippen molar-refractivity contribution in [3.8, 4) is 11.5 Å². The number of aryl methyl sites for hydroxylation is 1. The van der Waals surface area contributed by atoms with Gasteiger partial charge >= 0.3 is 6.18 Å². The maximum absolute atomic E-state index is 12.3. The summed E-state index contributed by atoms with van der Waals surface area (Å²) in [6, 6.07) is 6.57. The monoisotopic (exact) mass is 338 g/mol. The Morgan fingerprint density at radius 3 is 2.54 bits per heavy atom. The van der Waals surface area contributed by atoms with Crippen LogP contribution in [0.1, 0.15) is 23.7 Å². The molecule has 0 bridgehead atoms. The third kappa shape index (κ3) is 5.26. The SMILES string of the molecule is CCOc1cc(/C=C/c2nnccc2C)ccc1OCC(F)(F)F. The van der Waals surface area contributed by atoms with Crippen LogP contribution in [0.4, 0.5) is 13.2 Å². The molecular weight excluding hydrogens is 321 g/mol. The fourth-order valence-electron chi connectivity index (χ4n) is 1.92. The molecule has 0 amide bonds. The van der Waals surface area contributed by atoms with Gasteiger partial charge < -0.3 is 9.47 Å². The molecule has 24 heavy (non-hydrogen) atoms. The van der Waals surface area contributed by atoms with Crippen LogP contribution in [0.25, 0.3) is 12.2 Å². The highest BCUT2D eigenvalue weighted by Gasteiger charge is 2.29. The first kappa shape index (κ1) is 17.8. The highest BCUT2D eigenvalue weighted by molar-refractivity contribution is 5.70. The van der Waals surface area contributed by atoms with Crippen LogP contribution >= 0.6 is 0 Å². The average Bonchev–Trinajstić information content (AvgIpc) is 2.53. The molecule has 0 saturated heterocycles. The van der Waals surface area contributed by atoms with Gasteiger partial charge in [0.05, 0.1) is 12.3 Å². The van der Waals surface area contributed by atoms with E-state index in [1.165, 1.54) is 6.07 Å². The number of ether oxygens (including phenoxy) is 2. The Morgan fingerprint density at radius 2 is 1.88 bits per heavy atom. The molecule has 0 radical (unpaired) electrons. The van der Waals surface area contributed by atoms with Crippen molar-refractivity contribution in [3.05, 3.63) is 47.3 Å². The zero-order chi connectivity index (χ0) is 17.6. The molecule has 0 saturated carbocycles. The van der Waals surface area contributed by atoms with Crippen molar-refractivity contribution < 1.29 is 22.6 Å². The van der Waals surface area contributed by atoms with Gasteiger partial charge in [0.1, 0.15) is 0 Å². The van der Waals surface area contributed by atoms with Crippen LogP contribution in [-0.2, 0) is 0 Å². The number of halogens is 3. The largest absolute Gasteiger partial charge is 0.490 e. The van der Waals surface area contributed by atoms with Crippen molar-refractivity contribution in [3.63, 3.8) is 0 Å². The molecule has 0 fully saturated rings. The van der Waals surface area contributed by atoms with E-state index in [-0.39, 0.29) is 11.5 Å². The summed E-state index contributed by atoms with van der Waals surface area (Å²) in [7, 11) is 0. The van der Waals surface area contributed by atoms with Gasteiger partial charge in [0.2, 0.25) is 0 Å². The highest BCUT2D eigenvalue weighted by atomic mass is 19.4. The molecule has 0 aliphatic rings. The predicted octanol–water partition coefficient (Wildman–Crippen LogP) is 4.30. The Balaban J connectivity index is 2.20. The molecule has 0 spiro atoms. The quantitative estimate of drug-likeness (QED) is 0.788. The van der Waals surface area contributed by atoms with Crippen LogP contribution in [0.3, 0.4) is 0 Å². The van der Waals surface area contributed by atoms with Crippen molar-refractivity contribution in [1.82, 2.24) is 10.2 Å². The first-order valence-electron chi connectivity index (χ1n) is 7.32. The molecule has 0 unspecified atom stereocenters. The number of benzene rings is 1. The Bertz CT molecular complexity index is 715. The minimum Gasteiger partial charge on any atom is -0.490 e. The topological polar surface area (TPSA) is 44.2 Å². The van der Waals surface area contributed by atoms with Crippen molar-refractivity contribution >= 4 is 12.2 Å². The molecule has 0 aliphatic carbocycles. The van der Waals surface area contributed by atoms with E-state index in [0.29, 0.717) is 12.3 Å². The van der Waals surface area contributed by atoms with Crippen molar-refractivity contribution in [2.75, 3.05) is 13.2 Å². The van der Waals surface area contributed by atoms with E-state index in [1.54, 1.807) is 37.4 Å². The number of hydrogen-bond acceptors (Lipinski definition) is 4. The molecule has 1 aromatic carbocycles. The maximum atomic E-state index is 12.3. The lowest BCUT2D eigenvalue weighted by atomic mass is 10.1. The molecule has 1 aromatic heterocycles. The Labute approximate surface area is 137 Å². The number of rotatable bonds is 6. The summed E-state index contributed by atoms with van der Waals surface area (Å²) in [4.78, 5) is 0. The van der Waals surface area contributed by atoms with Crippen LogP contribution in [0.5, 0.6) is 11.5 Å². The Kier molecular flexibility index (Phi) is 5.78. The summed E-state index contributed by atoms with van der Waals surface area (Å²) in [5.41, 5.74) is 2.44. The van der Waals surface area contributed by atoms with E-state index >= 15 is 0 Å². The van der Waals surface area contributed by atoms with Crippen LogP contribution in [0.2, 0.25) is 0 Å². The zero-order valence-electron chi connectivity index (χ0n) is 13.3. The van der Waals surface area contributed by atoms with Crippen molar-refractivity contribution in [1.29, 1.82) is 0 Å². The van der Waals surface area contributed by atoms with E-state index in [4.69, 9.17) is 9.47 Å². The molecular formula is C17H17F3N2O2. The average molecular weight is 338 g/mol. The minimum atomic E-state index is -4.40. The van der Waals surface area contributed by atoms with E-state index < -0.39 is 12.8 Å². The second-order valence-corrected chi connectivity index (χ2v) is 4.98. The van der Waals surface area contributed by atoms with Crippen LogP contribution in [-0.4, -0.2) is 29.6 Å². The van der Waals surface area contributed by atoms with E-state index in [0.717, 1.165) is 11.1 Å². The lowest BCUT2D eigenvalue weighted by Gasteiger charge is -2.13. The molecule has 0 atom stereocenters. The van der Waals surface area contributed by atoms with Crippen molar-refractivity contribution in [2.24, 2.45) is 0 Å². The molecule has 1 heterocycles. The Hall–Kier alpha value is -2.57. The fourth-order valence-corrected chi connectivity index (χ4v) is 1.92. The summed E-state index contributed by atoms with van der Waals surface area (Å²) in [5, 5.41) is 7.82. The summed E-state index contributed by atoms with van der Waals surface area (Å²) < 4.78 is 47.0. The van der Waals surface area contributed by atoms with Gasteiger partial charge in [0.25, 0.3) is 0 Å². The molecule has 128 valence electrons. The molecule has 7 heteroatoms. The number of alkyl halides is 3. The second-order valence-electron chi connectivity index (χ2n) is 4.98. The van der Waals surface area contributed by atoms with Gasteiger partial charge in [-0.1, -0.05) is 12.1 Å². The van der Waals surface area contributed by atoms with Crippen LogP contribution in [0, 0.1) is 6.92 Å². The summed E-state index contributed by atoms with van der Waals surface area (Å²) in [6.45, 7) is 2.62. The number of nitrogens with zero attached hydrogens (tertiary/aromatic N) is 2. The highest BCUT2D eigenvalue weighted by Crippen LogP contribution is 2.30. The van der Waals surface area contributed by atoms with Gasteiger partial charge in [-0.3, -0.25) is 0 Å². The zero-order valence-corrected chi connectivity index (χ0v) is 13.3. The molecule has 2 rings (SSSR count). The lowest BCUT2D eigenvalue weighted by Crippen LogP contribution is -2.19. The smallest absolute Gasteiger partial charge is 0.422 e. The van der Waals surface area contributed by atoms with Crippen molar-refractivity contribution in [2.45, 2.75) is 20.0 Å². The van der Waals surface area contributed by atoms with E-state index in [2.05, 4.69) is 10.2 Å². The normalized spacial score (nSPS) is 11.7. The molecule has 0 aliphatic heterocycles. The number of hydrogen-bond donors (Lipinski definition) is 0. The van der Waals surface area contributed by atoms with E-state index in [1.807, 2.05) is 13.0 Å². The predicted molar refractivity (Wildman–Crippen MR) is 84.9 cm³/mol. The molecule has 4 nitrogen and oxygen atoms in total. The second kappa shape index (κ2) is 7.81. The summed E-state index contributed by atoms with van der Waals surface area (Å²) >= 11 is 0. The first-order valence-corrected chi connectivity index (χ1v) is 7.32. The molecule has 0 N–H and O–H groups in total. The van der Waals surface area contributed by atoms with Gasteiger partial charge in [-0.15, -0.1) is 0 Å². The minimum absolute atomic E-state index is 0.0574. The van der Waals surface area contributed by atoms with Gasteiger partial charge in [0, 0.05) is 6.20 Å². The maximum Gasteiger partial charge on any atom is 0.422 e. The Morgan fingerprint density at radius 1 is 1.08 bits per heavy atom. The van der Waals surface area contributed by atoms with Crippen LogP contribution < -0.4 is 9.47 Å². The summed E-state index contributed by atoms with van der Waals surface area (Å²) in [6.07, 6.45) is 0.773. The standard InChI is InChI=1S/C17H17F3N2O2/c1-3-23-16-10-13(4-6-14-12(2)8-9-21-22-14)5-7-15(16)24-11-17(18,19)20/h4-10H,3,11H2,1-2H3/b6-4+. The first-order chi connectivity index (χ1) is 11.4. The lowest BCUT2D eigenvalue weighted by molar-refractivity contribution is -0.153. The summed E-state index contributed by atoms with van der Waals surface area (Å²) in [5.74, 6) is 0.321. The van der Waals surface area contributed by atoms with Gasteiger partial charge in [-0.2, -0.15) is 23.4 Å². The van der Waals surface area contributed by atoms with E-state index in [9.17, 15) is 13.2 Å². The van der Waals surface area contributed by atoms with Gasteiger partial charge in [-0.05, 0) is 49.2 Å². The third-order valence-corrected chi connectivity index (χ3v) is 3.05. The van der Waals surface area contributed by atoms with Gasteiger partial charge in [0.15, 0.2) is 18.1 Å². The number of aromatic nitrogens is 2. The fraction of sp³-hybridized carbons (Fsp3) is 0.294.